The Kier molecular flexibility index (Phi) is 5.39. The summed E-state index contributed by atoms with van der Waals surface area (Å²) in [7, 11) is -3.49. The number of halogens is 1. The highest BCUT2D eigenvalue weighted by atomic mass is 35.5. The maximum atomic E-state index is 12.9. The molecule has 3 rings (SSSR count). The molecule has 0 amide bonds. The fourth-order valence-corrected chi connectivity index (χ4v) is 4.44. The maximum absolute atomic E-state index is 12.9. The Labute approximate surface area is 137 Å². The molecule has 7 heteroatoms. The molecule has 22 heavy (non-hydrogen) atoms. The van der Waals surface area contributed by atoms with Gasteiger partial charge in [0.2, 0.25) is 10.0 Å². The standard InChI is InChI=1S/C15H19N3O2S.ClH/c16-11-12-6-9-18(10-7-12)21(19,20)14-5-1-3-13-4-2-8-17-15(13)14;/h1-5,8,12H,6-7,9-11,16H2;1H. The number of fused-ring (bicyclic) bond motifs is 1. The van der Waals surface area contributed by atoms with E-state index in [0.29, 0.717) is 36.0 Å². The molecule has 1 saturated heterocycles. The van der Waals surface area contributed by atoms with Crippen LogP contribution in [0.1, 0.15) is 12.8 Å². The van der Waals surface area contributed by atoms with Crippen LogP contribution in [0.4, 0.5) is 0 Å². The van der Waals surface area contributed by atoms with Crippen LogP contribution in [-0.4, -0.2) is 37.3 Å². The number of hydrogen-bond donors (Lipinski definition) is 1. The van der Waals surface area contributed by atoms with Gasteiger partial charge in [-0.2, -0.15) is 4.31 Å². The van der Waals surface area contributed by atoms with E-state index in [1.807, 2.05) is 18.2 Å². The van der Waals surface area contributed by atoms with E-state index in [2.05, 4.69) is 4.98 Å². The third kappa shape index (κ3) is 3.10. The van der Waals surface area contributed by atoms with E-state index in [1.54, 1.807) is 22.6 Å². The van der Waals surface area contributed by atoms with Gasteiger partial charge in [-0.1, -0.05) is 18.2 Å². The number of rotatable bonds is 3. The molecule has 1 aromatic carbocycles. The van der Waals surface area contributed by atoms with Gasteiger partial charge in [-0.15, -0.1) is 12.4 Å². The van der Waals surface area contributed by atoms with Crippen LogP contribution in [0.15, 0.2) is 41.4 Å². The summed E-state index contributed by atoms with van der Waals surface area (Å²) in [5.74, 6) is 0.432. The van der Waals surface area contributed by atoms with E-state index in [9.17, 15) is 8.42 Å². The second-order valence-electron chi connectivity index (χ2n) is 5.41. The molecular weight excluding hydrogens is 322 g/mol. The van der Waals surface area contributed by atoms with Gasteiger partial charge in [0.15, 0.2) is 0 Å². The summed E-state index contributed by atoms with van der Waals surface area (Å²) in [5, 5.41) is 0.843. The van der Waals surface area contributed by atoms with Crippen LogP contribution in [0.3, 0.4) is 0 Å². The van der Waals surface area contributed by atoms with Crippen molar-refractivity contribution in [2.75, 3.05) is 19.6 Å². The number of nitrogens with two attached hydrogens (primary N) is 1. The quantitative estimate of drug-likeness (QED) is 0.926. The van der Waals surface area contributed by atoms with Crippen molar-refractivity contribution < 1.29 is 8.42 Å². The molecule has 1 aliphatic heterocycles. The predicted octanol–water partition coefficient (Wildman–Crippen LogP) is 2.02. The van der Waals surface area contributed by atoms with Crippen molar-refractivity contribution >= 4 is 33.3 Å². The first kappa shape index (κ1) is 17.1. The number of aromatic nitrogens is 1. The fourth-order valence-electron chi connectivity index (χ4n) is 2.81. The Bertz CT molecular complexity index is 738. The first-order chi connectivity index (χ1) is 10.1. The SMILES string of the molecule is Cl.NCC1CCN(S(=O)(=O)c2cccc3cccnc23)CC1. The normalized spacial score (nSPS) is 17.3. The number of nitrogens with zero attached hydrogens (tertiary/aromatic N) is 2. The van der Waals surface area contributed by atoms with Gasteiger partial charge < -0.3 is 5.73 Å². The van der Waals surface area contributed by atoms with Gasteiger partial charge in [0.25, 0.3) is 0 Å². The summed E-state index contributed by atoms with van der Waals surface area (Å²) in [4.78, 5) is 4.55. The van der Waals surface area contributed by atoms with Gasteiger partial charge in [0.05, 0.1) is 5.52 Å². The summed E-state index contributed by atoms with van der Waals surface area (Å²) < 4.78 is 27.3. The predicted molar refractivity (Wildman–Crippen MR) is 89.5 cm³/mol. The van der Waals surface area contributed by atoms with Crippen molar-refractivity contribution in [1.82, 2.24) is 9.29 Å². The van der Waals surface area contributed by atoms with Gasteiger partial charge in [-0.05, 0) is 37.4 Å². The van der Waals surface area contributed by atoms with Crippen molar-refractivity contribution in [1.29, 1.82) is 0 Å². The fraction of sp³-hybridized carbons (Fsp3) is 0.400. The van der Waals surface area contributed by atoms with Crippen LogP contribution in [0.5, 0.6) is 0 Å². The molecule has 5 nitrogen and oxygen atoms in total. The Morgan fingerprint density at radius 2 is 1.86 bits per heavy atom. The molecule has 0 radical (unpaired) electrons. The minimum Gasteiger partial charge on any atom is -0.330 e. The van der Waals surface area contributed by atoms with Crippen LogP contribution < -0.4 is 5.73 Å². The number of sulfonamides is 1. The average Bonchev–Trinajstić information content (AvgIpc) is 2.54. The third-order valence-corrected chi connectivity index (χ3v) is 6.05. The van der Waals surface area contributed by atoms with Crippen molar-refractivity contribution in [3.05, 3.63) is 36.5 Å². The largest absolute Gasteiger partial charge is 0.330 e. The Balaban J connectivity index is 0.00000176. The molecular formula is C15H20ClN3O2S. The molecule has 1 aliphatic rings. The molecule has 0 unspecified atom stereocenters. The topological polar surface area (TPSA) is 76.3 Å². The van der Waals surface area contributed by atoms with Crippen LogP contribution in [0, 0.1) is 5.92 Å². The Hall–Kier alpha value is -1.21. The van der Waals surface area contributed by atoms with Crippen LogP contribution in [0.2, 0.25) is 0 Å². The van der Waals surface area contributed by atoms with E-state index in [-0.39, 0.29) is 12.4 Å². The minimum atomic E-state index is -3.49. The summed E-state index contributed by atoms with van der Waals surface area (Å²) in [6.45, 7) is 1.70. The molecule has 2 heterocycles. The molecule has 2 aromatic rings. The lowest BCUT2D eigenvalue weighted by atomic mass is 9.99. The summed E-state index contributed by atoms with van der Waals surface area (Å²) in [6, 6.07) is 8.97. The highest BCUT2D eigenvalue weighted by molar-refractivity contribution is 7.89. The molecule has 0 spiro atoms. The van der Waals surface area contributed by atoms with Gasteiger partial charge in [-0.3, -0.25) is 4.98 Å². The second-order valence-corrected chi connectivity index (χ2v) is 7.32. The lowest BCUT2D eigenvalue weighted by Crippen LogP contribution is -2.40. The highest BCUT2D eigenvalue weighted by Gasteiger charge is 2.30. The molecule has 1 fully saturated rings. The van der Waals surface area contributed by atoms with Crippen LogP contribution in [0.25, 0.3) is 10.9 Å². The lowest BCUT2D eigenvalue weighted by molar-refractivity contribution is 0.278. The first-order valence-corrected chi connectivity index (χ1v) is 8.61. The zero-order valence-electron chi connectivity index (χ0n) is 12.2. The van der Waals surface area contributed by atoms with Gasteiger partial charge in [0.1, 0.15) is 4.90 Å². The summed E-state index contributed by atoms with van der Waals surface area (Å²) >= 11 is 0. The summed E-state index contributed by atoms with van der Waals surface area (Å²) in [5.41, 5.74) is 6.21. The van der Waals surface area contributed by atoms with Crippen molar-refractivity contribution in [3.63, 3.8) is 0 Å². The Morgan fingerprint density at radius 1 is 1.18 bits per heavy atom. The monoisotopic (exact) mass is 341 g/mol. The lowest BCUT2D eigenvalue weighted by Gasteiger charge is -2.30. The van der Waals surface area contributed by atoms with E-state index >= 15 is 0 Å². The number of benzene rings is 1. The third-order valence-electron chi connectivity index (χ3n) is 4.12. The number of piperidine rings is 1. The maximum Gasteiger partial charge on any atom is 0.245 e. The number of pyridine rings is 1. The average molecular weight is 342 g/mol. The van der Waals surface area contributed by atoms with Gasteiger partial charge in [-0.25, -0.2) is 8.42 Å². The zero-order chi connectivity index (χ0) is 14.9. The molecule has 0 atom stereocenters. The molecule has 2 N–H and O–H groups in total. The van der Waals surface area contributed by atoms with E-state index < -0.39 is 10.0 Å². The molecule has 0 aliphatic carbocycles. The van der Waals surface area contributed by atoms with Gasteiger partial charge in [0, 0.05) is 24.7 Å². The van der Waals surface area contributed by atoms with E-state index in [0.717, 1.165) is 18.2 Å². The minimum absolute atomic E-state index is 0. The highest BCUT2D eigenvalue weighted by Crippen LogP contribution is 2.27. The van der Waals surface area contributed by atoms with Crippen molar-refractivity contribution in [2.45, 2.75) is 17.7 Å². The number of para-hydroxylation sites is 1. The van der Waals surface area contributed by atoms with Crippen LogP contribution >= 0.6 is 12.4 Å². The van der Waals surface area contributed by atoms with E-state index in [4.69, 9.17) is 5.73 Å². The zero-order valence-corrected chi connectivity index (χ0v) is 13.8. The van der Waals surface area contributed by atoms with Gasteiger partial charge >= 0.3 is 0 Å². The first-order valence-electron chi connectivity index (χ1n) is 7.17. The second kappa shape index (κ2) is 6.91. The molecule has 1 aromatic heterocycles. The smallest absolute Gasteiger partial charge is 0.245 e. The summed E-state index contributed by atoms with van der Waals surface area (Å²) in [6.07, 6.45) is 3.28. The number of hydrogen-bond acceptors (Lipinski definition) is 4. The van der Waals surface area contributed by atoms with Crippen molar-refractivity contribution in [2.24, 2.45) is 11.7 Å². The Morgan fingerprint density at radius 3 is 2.55 bits per heavy atom. The molecule has 0 saturated carbocycles. The van der Waals surface area contributed by atoms with Crippen LogP contribution in [-0.2, 0) is 10.0 Å². The van der Waals surface area contributed by atoms with E-state index in [1.165, 1.54) is 0 Å². The molecule has 120 valence electrons. The van der Waals surface area contributed by atoms with Crippen molar-refractivity contribution in [3.8, 4) is 0 Å². The molecule has 0 bridgehead atoms.